The topological polar surface area (TPSA) is 73.6 Å². The molecule has 0 saturated heterocycles. The number of anilines is 2. The highest BCUT2D eigenvalue weighted by atomic mass is 16.5. The molecule has 3 N–H and O–H groups in total. The molecule has 1 heterocycles. The van der Waals surface area contributed by atoms with Crippen molar-refractivity contribution in [2.45, 2.75) is 32.6 Å². The van der Waals surface area contributed by atoms with Crippen LogP contribution in [0.1, 0.15) is 42.1 Å². The van der Waals surface area contributed by atoms with Crippen LogP contribution in [0.4, 0.5) is 11.4 Å². The number of benzene rings is 4. The van der Waals surface area contributed by atoms with Crippen molar-refractivity contribution in [1.82, 2.24) is 0 Å². The van der Waals surface area contributed by atoms with E-state index in [4.69, 9.17) is 15.2 Å². The van der Waals surface area contributed by atoms with E-state index >= 15 is 0 Å². The summed E-state index contributed by atoms with van der Waals surface area (Å²) >= 11 is 0. The molecule has 0 radical (unpaired) electrons. The molecular weight excluding hydrogens is 436 g/mol. The van der Waals surface area contributed by atoms with Crippen LogP contribution in [0, 0.1) is 0 Å². The molecule has 5 nitrogen and oxygen atoms in total. The van der Waals surface area contributed by atoms with E-state index in [-0.39, 0.29) is 5.91 Å². The van der Waals surface area contributed by atoms with Gasteiger partial charge in [-0.2, -0.15) is 0 Å². The van der Waals surface area contributed by atoms with Gasteiger partial charge in [-0.25, -0.2) is 0 Å². The third-order valence-corrected chi connectivity index (χ3v) is 6.87. The molecule has 178 valence electrons. The van der Waals surface area contributed by atoms with E-state index in [2.05, 4.69) is 18.3 Å². The molecule has 0 aromatic heterocycles. The van der Waals surface area contributed by atoms with E-state index < -0.39 is 0 Å². The summed E-state index contributed by atoms with van der Waals surface area (Å²) in [7, 11) is 3.31. The molecule has 4 aromatic rings. The monoisotopic (exact) mass is 466 g/mol. The van der Waals surface area contributed by atoms with Crippen molar-refractivity contribution in [2.75, 3.05) is 25.3 Å². The normalized spacial score (nSPS) is 12.1. The number of ether oxygens (including phenoxy) is 2. The maximum atomic E-state index is 13.1. The molecule has 4 aromatic carbocycles. The Morgan fingerprint density at radius 3 is 1.94 bits per heavy atom. The van der Waals surface area contributed by atoms with Gasteiger partial charge >= 0.3 is 0 Å². The fourth-order valence-electron chi connectivity index (χ4n) is 5.09. The zero-order valence-electron chi connectivity index (χ0n) is 20.4. The van der Waals surface area contributed by atoms with Gasteiger partial charge in [-0.3, -0.25) is 4.79 Å². The molecule has 5 heteroatoms. The molecule has 0 bridgehead atoms. The van der Waals surface area contributed by atoms with Gasteiger partial charge in [0.1, 0.15) is 11.5 Å². The van der Waals surface area contributed by atoms with Gasteiger partial charge in [-0.15, -0.1) is 0 Å². The highest BCUT2D eigenvalue weighted by Gasteiger charge is 2.30. The minimum Gasteiger partial charge on any atom is -0.497 e. The molecule has 35 heavy (non-hydrogen) atoms. The largest absolute Gasteiger partial charge is 0.497 e. The smallest absolute Gasteiger partial charge is 0.256 e. The average molecular weight is 467 g/mol. The van der Waals surface area contributed by atoms with Crippen molar-refractivity contribution >= 4 is 28.1 Å². The van der Waals surface area contributed by atoms with E-state index in [9.17, 15) is 4.79 Å². The Bertz CT molecular complexity index is 1410. The van der Waals surface area contributed by atoms with Crippen molar-refractivity contribution in [3.05, 3.63) is 71.8 Å². The van der Waals surface area contributed by atoms with Gasteiger partial charge in [0.15, 0.2) is 0 Å². The lowest BCUT2D eigenvalue weighted by Crippen LogP contribution is -2.05. The Morgan fingerprint density at radius 1 is 0.771 bits per heavy atom. The minimum absolute atomic E-state index is 0.0915. The van der Waals surface area contributed by atoms with Crippen LogP contribution in [-0.2, 0) is 6.42 Å². The second kappa shape index (κ2) is 9.34. The molecule has 0 unspecified atom stereocenters. The molecule has 1 amide bonds. The lowest BCUT2D eigenvalue weighted by atomic mass is 9.85. The summed E-state index contributed by atoms with van der Waals surface area (Å²) in [6.45, 7) is 2.21. The highest BCUT2D eigenvalue weighted by molar-refractivity contribution is 6.31. The van der Waals surface area contributed by atoms with E-state index in [0.717, 1.165) is 75.9 Å². The molecule has 1 aliphatic rings. The lowest BCUT2D eigenvalue weighted by molar-refractivity contribution is 0.103. The molecule has 0 fully saturated rings. The standard InChI is InChI=1S/C30H30N2O3/c1-4-5-6-7-18-12-17-23-27-24(18)25(19-8-13-21(34-2)14-9-19)28(31)26(29(27)32-30(23)33)20-10-15-22(35-3)16-11-20/h8-17H,4-7,31H2,1-3H3,(H,32,33). The number of carbonyl (C=O) groups excluding carboxylic acids is 1. The quantitative estimate of drug-likeness (QED) is 0.215. The zero-order valence-corrected chi connectivity index (χ0v) is 20.4. The van der Waals surface area contributed by atoms with Crippen LogP contribution in [0.25, 0.3) is 33.0 Å². The van der Waals surface area contributed by atoms with Crippen LogP contribution in [0.2, 0.25) is 0 Å². The number of hydrogen-bond donors (Lipinski definition) is 2. The van der Waals surface area contributed by atoms with Crippen molar-refractivity contribution in [3.63, 3.8) is 0 Å². The summed E-state index contributed by atoms with van der Waals surface area (Å²) in [6, 6.07) is 19.8. The van der Waals surface area contributed by atoms with Crippen LogP contribution >= 0.6 is 0 Å². The fourth-order valence-corrected chi connectivity index (χ4v) is 5.09. The molecule has 0 spiro atoms. The SMILES string of the molecule is CCCCCc1ccc2c3c(c(-c4ccc(OC)cc4)c(N)c(-c4ccc(OC)cc4)c13)NC2=O. The minimum atomic E-state index is -0.0915. The molecular formula is C30H30N2O3. The van der Waals surface area contributed by atoms with Gasteiger partial charge in [0.05, 0.1) is 25.6 Å². The van der Waals surface area contributed by atoms with Gasteiger partial charge in [0, 0.05) is 22.1 Å². The second-order valence-corrected chi connectivity index (χ2v) is 8.93. The van der Waals surface area contributed by atoms with E-state index in [0.29, 0.717) is 11.3 Å². The van der Waals surface area contributed by atoms with Crippen molar-refractivity contribution in [2.24, 2.45) is 0 Å². The van der Waals surface area contributed by atoms with E-state index in [1.54, 1.807) is 14.2 Å². The number of nitrogens with one attached hydrogen (secondary N) is 1. The van der Waals surface area contributed by atoms with Gasteiger partial charge in [0.2, 0.25) is 0 Å². The fraction of sp³-hybridized carbons (Fsp3) is 0.233. The third-order valence-electron chi connectivity index (χ3n) is 6.87. The number of unbranched alkanes of at least 4 members (excludes halogenated alkanes) is 2. The first-order chi connectivity index (χ1) is 17.1. The molecule has 0 saturated carbocycles. The average Bonchev–Trinajstić information content (AvgIpc) is 3.22. The maximum Gasteiger partial charge on any atom is 0.256 e. The predicted octanol–water partition coefficient (Wildman–Crippen LogP) is 7.07. The Hall–Kier alpha value is -3.99. The maximum absolute atomic E-state index is 13.1. The summed E-state index contributed by atoms with van der Waals surface area (Å²) in [6.07, 6.45) is 4.33. The van der Waals surface area contributed by atoms with Crippen molar-refractivity contribution in [1.29, 1.82) is 0 Å². The first kappa shape index (κ1) is 22.8. The number of aryl methyl sites for hydroxylation is 1. The number of amides is 1. The van der Waals surface area contributed by atoms with Gasteiger partial charge in [-0.1, -0.05) is 50.1 Å². The van der Waals surface area contributed by atoms with Crippen LogP contribution in [-0.4, -0.2) is 20.1 Å². The highest BCUT2D eigenvalue weighted by Crippen LogP contribution is 2.51. The van der Waals surface area contributed by atoms with Gasteiger partial charge < -0.3 is 20.5 Å². The van der Waals surface area contributed by atoms with Crippen LogP contribution in [0.15, 0.2) is 60.7 Å². The number of carbonyl (C=O) groups is 1. The third kappa shape index (κ3) is 3.87. The summed E-state index contributed by atoms with van der Waals surface area (Å²) in [5, 5.41) is 5.14. The van der Waals surface area contributed by atoms with Crippen molar-refractivity contribution in [3.8, 4) is 33.8 Å². The molecule has 0 atom stereocenters. The zero-order chi connectivity index (χ0) is 24.5. The number of methoxy groups -OCH3 is 2. The Kier molecular flexibility index (Phi) is 6.08. The summed E-state index contributed by atoms with van der Waals surface area (Å²) in [4.78, 5) is 13.1. The Labute approximate surface area is 205 Å². The predicted molar refractivity (Wildman–Crippen MR) is 144 cm³/mol. The lowest BCUT2D eigenvalue weighted by Gasteiger charge is -2.21. The van der Waals surface area contributed by atoms with E-state index in [1.165, 1.54) is 5.56 Å². The molecule has 1 aliphatic heterocycles. The van der Waals surface area contributed by atoms with Crippen LogP contribution < -0.4 is 20.5 Å². The summed E-state index contributed by atoms with van der Waals surface area (Å²) < 4.78 is 10.7. The van der Waals surface area contributed by atoms with E-state index in [1.807, 2.05) is 54.6 Å². The number of nitrogen functional groups attached to an aromatic ring is 1. The number of rotatable bonds is 8. The van der Waals surface area contributed by atoms with Gasteiger partial charge in [0.25, 0.3) is 5.91 Å². The van der Waals surface area contributed by atoms with Crippen molar-refractivity contribution < 1.29 is 14.3 Å². The van der Waals surface area contributed by atoms with Crippen LogP contribution in [0.5, 0.6) is 11.5 Å². The number of hydrogen-bond acceptors (Lipinski definition) is 4. The first-order valence-corrected chi connectivity index (χ1v) is 12.1. The Balaban J connectivity index is 1.85. The molecule has 0 aliphatic carbocycles. The Morgan fingerprint density at radius 2 is 1.37 bits per heavy atom. The summed E-state index contributed by atoms with van der Waals surface area (Å²) in [5.41, 5.74) is 14.1. The summed E-state index contributed by atoms with van der Waals surface area (Å²) in [5.74, 6) is 1.46. The first-order valence-electron chi connectivity index (χ1n) is 12.1. The molecule has 5 rings (SSSR count). The van der Waals surface area contributed by atoms with Crippen LogP contribution in [0.3, 0.4) is 0 Å². The number of nitrogens with two attached hydrogens (primary N) is 1. The van der Waals surface area contributed by atoms with Gasteiger partial charge in [-0.05, 0) is 65.3 Å². The second-order valence-electron chi connectivity index (χ2n) is 8.93.